The molecule has 0 radical (unpaired) electrons. The monoisotopic (exact) mass is 418 g/mol. The number of hydrogen-bond donors (Lipinski definition) is 0. The highest BCUT2D eigenvalue weighted by Crippen LogP contribution is 2.32. The largest absolute Gasteiger partial charge is 0.487 e. The molecule has 0 bridgehead atoms. The number of esters is 1. The minimum absolute atomic E-state index is 0.0908. The molecule has 2 aromatic carbocycles. The lowest BCUT2D eigenvalue weighted by molar-refractivity contribution is -0.143. The van der Waals surface area contributed by atoms with E-state index in [4.69, 9.17) is 25.5 Å². The highest BCUT2D eigenvalue weighted by Gasteiger charge is 2.16. The van der Waals surface area contributed by atoms with Crippen molar-refractivity contribution in [2.45, 2.75) is 33.3 Å². The van der Waals surface area contributed by atoms with Crippen LogP contribution in [0.4, 0.5) is 4.39 Å². The van der Waals surface area contributed by atoms with Crippen molar-refractivity contribution in [2.75, 3.05) is 6.61 Å². The van der Waals surface area contributed by atoms with Gasteiger partial charge in [-0.05, 0) is 49.6 Å². The van der Waals surface area contributed by atoms with Gasteiger partial charge in [0.15, 0.2) is 0 Å². The van der Waals surface area contributed by atoms with Crippen molar-refractivity contribution in [3.8, 4) is 5.75 Å². The molecule has 0 atom stereocenters. The first-order chi connectivity index (χ1) is 13.9. The summed E-state index contributed by atoms with van der Waals surface area (Å²) in [6.45, 7) is 3.91. The molecular formula is C22H20ClFO5. The van der Waals surface area contributed by atoms with Gasteiger partial charge >= 0.3 is 11.6 Å². The van der Waals surface area contributed by atoms with Crippen molar-refractivity contribution < 1.29 is 23.1 Å². The van der Waals surface area contributed by atoms with E-state index in [-0.39, 0.29) is 37.8 Å². The van der Waals surface area contributed by atoms with Crippen LogP contribution in [0.1, 0.15) is 30.0 Å². The zero-order valence-electron chi connectivity index (χ0n) is 16.1. The van der Waals surface area contributed by atoms with Crippen LogP contribution >= 0.6 is 11.6 Å². The number of aryl methyl sites for hydroxylation is 1. The van der Waals surface area contributed by atoms with Gasteiger partial charge in [-0.1, -0.05) is 23.7 Å². The highest BCUT2D eigenvalue weighted by molar-refractivity contribution is 6.32. The summed E-state index contributed by atoms with van der Waals surface area (Å²) >= 11 is 6.34. The molecule has 152 valence electrons. The maximum atomic E-state index is 13.3. The molecule has 0 aliphatic rings. The van der Waals surface area contributed by atoms with Crippen LogP contribution in [0.5, 0.6) is 5.75 Å². The SMILES string of the molecule is CCOC(=O)CCc1c(C)c2cc(Cl)c(OCc3cccc(F)c3)cc2oc1=O. The zero-order valence-corrected chi connectivity index (χ0v) is 16.8. The fourth-order valence-electron chi connectivity index (χ4n) is 3.04. The van der Waals surface area contributed by atoms with Gasteiger partial charge in [0.25, 0.3) is 0 Å². The van der Waals surface area contributed by atoms with Gasteiger partial charge in [0.1, 0.15) is 23.8 Å². The molecule has 7 heteroatoms. The van der Waals surface area contributed by atoms with Gasteiger partial charge in [-0.3, -0.25) is 4.79 Å². The second kappa shape index (κ2) is 9.09. The molecule has 1 heterocycles. The molecule has 3 rings (SSSR count). The average molecular weight is 419 g/mol. The lowest BCUT2D eigenvalue weighted by Gasteiger charge is -2.12. The van der Waals surface area contributed by atoms with E-state index in [1.165, 1.54) is 12.1 Å². The molecule has 0 aliphatic carbocycles. The molecule has 0 saturated heterocycles. The summed E-state index contributed by atoms with van der Waals surface area (Å²) in [4.78, 5) is 24.0. The first kappa shape index (κ1) is 20.9. The predicted molar refractivity (Wildman–Crippen MR) is 108 cm³/mol. The minimum atomic E-state index is -0.516. The molecule has 0 amide bonds. The van der Waals surface area contributed by atoms with Crippen molar-refractivity contribution >= 4 is 28.5 Å². The van der Waals surface area contributed by atoms with Crippen LogP contribution in [-0.2, 0) is 22.6 Å². The summed E-state index contributed by atoms with van der Waals surface area (Å²) in [6, 6.07) is 9.25. The smallest absolute Gasteiger partial charge is 0.339 e. The van der Waals surface area contributed by atoms with Crippen LogP contribution in [0.15, 0.2) is 45.6 Å². The summed E-state index contributed by atoms with van der Waals surface area (Å²) in [5.41, 5.74) is 1.56. The molecule has 5 nitrogen and oxygen atoms in total. The van der Waals surface area contributed by atoms with Gasteiger partial charge in [-0.15, -0.1) is 0 Å². The highest BCUT2D eigenvalue weighted by atomic mass is 35.5. The molecule has 3 aromatic rings. The quantitative estimate of drug-likeness (QED) is 0.400. The third kappa shape index (κ3) is 4.95. The lowest BCUT2D eigenvalue weighted by Crippen LogP contribution is -2.13. The van der Waals surface area contributed by atoms with Crippen LogP contribution in [0.3, 0.4) is 0 Å². The van der Waals surface area contributed by atoms with Crippen molar-refractivity contribution in [2.24, 2.45) is 0 Å². The number of fused-ring (bicyclic) bond motifs is 1. The summed E-state index contributed by atoms with van der Waals surface area (Å²) in [5, 5.41) is 0.994. The third-order valence-corrected chi connectivity index (χ3v) is 4.80. The van der Waals surface area contributed by atoms with Gasteiger partial charge in [0.2, 0.25) is 0 Å². The average Bonchev–Trinajstić information content (AvgIpc) is 2.67. The van der Waals surface area contributed by atoms with Crippen LogP contribution < -0.4 is 10.4 Å². The second-order valence-electron chi connectivity index (χ2n) is 6.50. The molecular weight excluding hydrogens is 399 g/mol. The van der Waals surface area contributed by atoms with E-state index in [2.05, 4.69) is 0 Å². The van der Waals surface area contributed by atoms with Crippen LogP contribution in [-0.4, -0.2) is 12.6 Å². The summed E-state index contributed by atoms with van der Waals surface area (Å²) in [6.07, 6.45) is 0.311. The van der Waals surface area contributed by atoms with Gasteiger partial charge in [-0.25, -0.2) is 9.18 Å². The van der Waals surface area contributed by atoms with Crippen LogP contribution in [0.25, 0.3) is 11.0 Å². The normalized spacial score (nSPS) is 10.9. The molecule has 0 unspecified atom stereocenters. The number of carbonyl (C=O) groups is 1. The van der Waals surface area contributed by atoms with E-state index in [9.17, 15) is 14.0 Å². The Labute approximate surface area is 172 Å². The number of halogens is 2. The molecule has 0 spiro atoms. The van der Waals surface area contributed by atoms with E-state index in [0.717, 1.165) is 0 Å². The van der Waals surface area contributed by atoms with Crippen LogP contribution in [0.2, 0.25) is 5.02 Å². The molecule has 0 N–H and O–H groups in total. The number of rotatable bonds is 7. The zero-order chi connectivity index (χ0) is 21.0. The van der Waals surface area contributed by atoms with Crippen molar-refractivity contribution in [1.29, 1.82) is 0 Å². The molecule has 1 aromatic heterocycles. The Bertz CT molecular complexity index is 1110. The van der Waals surface area contributed by atoms with E-state index in [1.807, 2.05) is 0 Å². The Kier molecular flexibility index (Phi) is 6.54. The summed E-state index contributed by atoms with van der Waals surface area (Å²) in [7, 11) is 0. The number of hydrogen-bond acceptors (Lipinski definition) is 5. The van der Waals surface area contributed by atoms with Crippen molar-refractivity contribution in [3.05, 3.63) is 74.3 Å². The van der Waals surface area contributed by atoms with E-state index < -0.39 is 5.63 Å². The van der Waals surface area contributed by atoms with Gasteiger partial charge < -0.3 is 13.9 Å². The minimum Gasteiger partial charge on any atom is -0.487 e. The van der Waals surface area contributed by atoms with E-state index in [0.29, 0.717) is 38.4 Å². The summed E-state index contributed by atoms with van der Waals surface area (Å²) < 4.78 is 29.3. The predicted octanol–water partition coefficient (Wildman–Crippen LogP) is 4.97. The Morgan fingerprint density at radius 3 is 2.76 bits per heavy atom. The molecule has 0 fully saturated rings. The van der Waals surface area contributed by atoms with E-state index >= 15 is 0 Å². The second-order valence-corrected chi connectivity index (χ2v) is 6.90. The molecule has 0 aliphatic heterocycles. The lowest BCUT2D eigenvalue weighted by atomic mass is 10.0. The Balaban J connectivity index is 1.87. The van der Waals surface area contributed by atoms with Gasteiger partial charge in [-0.2, -0.15) is 0 Å². The van der Waals surface area contributed by atoms with E-state index in [1.54, 1.807) is 38.1 Å². The maximum Gasteiger partial charge on any atom is 0.339 e. The molecule has 0 saturated carbocycles. The van der Waals surface area contributed by atoms with Crippen LogP contribution in [0, 0.1) is 12.7 Å². The Morgan fingerprint density at radius 2 is 2.03 bits per heavy atom. The first-order valence-corrected chi connectivity index (χ1v) is 9.55. The summed E-state index contributed by atoms with van der Waals surface area (Å²) in [5.74, 6) is -0.400. The number of benzene rings is 2. The topological polar surface area (TPSA) is 65.7 Å². The number of carbonyl (C=O) groups excluding carboxylic acids is 1. The maximum absolute atomic E-state index is 13.3. The molecule has 29 heavy (non-hydrogen) atoms. The standard InChI is InChI=1S/C22H20ClFO5/c1-3-27-21(25)8-7-16-13(2)17-10-18(23)20(11-19(17)29-22(16)26)28-12-14-5-4-6-15(24)9-14/h4-6,9-11H,3,7-8,12H2,1-2H3. The van der Waals surface area contributed by atoms with Gasteiger partial charge in [0.05, 0.1) is 11.6 Å². The van der Waals surface area contributed by atoms with Crippen molar-refractivity contribution in [1.82, 2.24) is 0 Å². The van der Waals surface area contributed by atoms with Crippen molar-refractivity contribution in [3.63, 3.8) is 0 Å². The fraction of sp³-hybridized carbons (Fsp3) is 0.273. The Hall–Kier alpha value is -2.86. The number of ether oxygens (including phenoxy) is 2. The third-order valence-electron chi connectivity index (χ3n) is 4.51. The Morgan fingerprint density at radius 1 is 1.24 bits per heavy atom. The fourth-order valence-corrected chi connectivity index (χ4v) is 3.26. The van der Waals surface area contributed by atoms with Gasteiger partial charge in [0, 0.05) is 23.4 Å². The first-order valence-electron chi connectivity index (χ1n) is 9.17.